The summed E-state index contributed by atoms with van der Waals surface area (Å²) in [6.07, 6.45) is 8.20. The topological polar surface area (TPSA) is 117 Å². The van der Waals surface area contributed by atoms with E-state index in [4.69, 9.17) is 28.7 Å². The van der Waals surface area contributed by atoms with Crippen molar-refractivity contribution in [1.82, 2.24) is 14.8 Å². The van der Waals surface area contributed by atoms with Gasteiger partial charge in [0.15, 0.2) is 0 Å². The van der Waals surface area contributed by atoms with Crippen molar-refractivity contribution in [2.45, 2.75) is 95.8 Å². The average molecular weight is 652 g/mol. The molecule has 0 radical (unpaired) electrons. The van der Waals surface area contributed by atoms with Gasteiger partial charge in [0.05, 0.1) is 39.0 Å². The van der Waals surface area contributed by atoms with E-state index in [0.717, 1.165) is 74.5 Å². The summed E-state index contributed by atoms with van der Waals surface area (Å²) in [4.78, 5) is 49.8. The second-order valence-corrected chi connectivity index (χ2v) is 13.4. The Morgan fingerprint density at radius 3 is 2.60 bits per heavy atom. The lowest BCUT2D eigenvalue weighted by Gasteiger charge is -2.36. The van der Waals surface area contributed by atoms with Crippen LogP contribution >= 0.6 is 0 Å². The quantitative estimate of drug-likeness (QED) is 0.424. The largest absolute Gasteiger partial charge is 0.496 e. The molecule has 1 aromatic heterocycles. The zero-order valence-electron chi connectivity index (χ0n) is 28.0. The van der Waals surface area contributed by atoms with Crippen molar-refractivity contribution in [2.75, 3.05) is 47.1 Å². The van der Waals surface area contributed by atoms with Gasteiger partial charge in [-0.3, -0.25) is 9.59 Å². The summed E-state index contributed by atoms with van der Waals surface area (Å²) in [6.45, 7) is 4.31. The number of fused-ring (bicyclic) bond motifs is 5. The maximum atomic E-state index is 14.6. The van der Waals surface area contributed by atoms with Crippen molar-refractivity contribution in [1.29, 1.82) is 0 Å². The van der Waals surface area contributed by atoms with E-state index in [1.807, 2.05) is 17.9 Å². The molecule has 2 saturated heterocycles. The first-order valence-corrected chi connectivity index (χ1v) is 17.5. The molecule has 4 aliphatic rings. The van der Waals surface area contributed by atoms with E-state index in [9.17, 15) is 14.4 Å². The van der Waals surface area contributed by atoms with Crippen LogP contribution in [-0.2, 0) is 30.3 Å². The molecule has 6 rings (SSSR count). The number of benzene rings is 1. The fourth-order valence-corrected chi connectivity index (χ4v) is 7.95. The van der Waals surface area contributed by atoms with Gasteiger partial charge in [-0.1, -0.05) is 19.3 Å². The monoisotopic (exact) mass is 651 g/mol. The van der Waals surface area contributed by atoms with Crippen LogP contribution in [0.5, 0.6) is 17.4 Å². The molecule has 256 valence electrons. The number of methoxy groups -OCH3 is 2. The lowest BCUT2D eigenvalue weighted by atomic mass is 9.77. The Kier molecular flexibility index (Phi) is 10.7. The van der Waals surface area contributed by atoms with Gasteiger partial charge in [0.1, 0.15) is 23.6 Å². The number of carbonyl (C=O) groups is 3. The highest BCUT2D eigenvalue weighted by Crippen LogP contribution is 2.38. The van der Waals surface area contributed by atoms with Crippen LogP contribution in [0.4, 0.5) is 0 Å². The molecule has 11 heteroatoms. The number of aryl methyl sites for hydroxylation is 1. The number of hydrogen-bond donors (Lipinski definition) is 0. The summed E-state index contributed by atoms with van der Waals surface area (Å²) in [5.41, 5.74) is 1.67. The predicted octanol–water partition coefficient (Wildman–Crippen LogP) is 4.70. The molecule has 4 heterocycles. The SMILES string of the molecule is CCOc1cc2c3cc(c(OC)cc3n1)CCCO[C@H]1CCCN(C1)C(=O)C[C@@H](C1CCCCC1)C(=O)N1C[C@@H](C[C@H]1C(=O)OC)O2. The molecule has 2 aromatic rings. The fourth-order valence-electron chi connectivity index (χ4n) is 7.95. The number of ether oxygens (including phenoxy) is 5. The van der Waals surface area contributed by atoms with Crippen molar-refractivity contribution >= 4 is 28.7 Å². The number of esters is 1. The molecule has 3 fully saturated rings. The fraction of sp³-hybridized carbons (Fsp3) is 0.667. The lowest BCUT2D eigenvalue weighted by Crippen LogP contribution is -2.49. The van der Waals surface area contributed by atoms with E-state index >= 15 is 0 Å². The molecule has 0 unspecified atom stereocenters. The molecule has 4 atom stereocenters. The third-order valence-corrected chi connectivity index (χ3v) is 10.4. The van der Waals surface area contributed by atoms with Crippen molar-refractivity contribution in [2.24, 2.45) is 11.8 Å². The number of rotatable bonds is 5. The second-order valence-electron chi connectivity index (χ2n) is 13.4. The van der Waals surface area contributed by atoms with Crippen molar-refractivity contribution in [3.8, 4) is 17.4 Å². The predicted molar refractivity (Wildman–Crippen MR) is 175 cm³/mol. The maximum Gasteiger partial charge on any atom is 0.328 e. The van der Waals surface area contributed by atoms with Crippen LogP contribution in [0.3, 0.4) is 0 Å². The second kappa shape index (κ2) is 15.1. The number of aromatic nitrogens is 1. The van der Waals surface area contributed by atoms with Gasteiger partial charge in [-0.15, -0.1) is 0 Å². The van der Waals surface area contributed by atoms with Gasteiger partial charge >= 0.3 is 5.97 Å². The van der Waals surface area contributed by atoms with Crippen LogP contribution in [0.15, 0.2) is 18.2 Å². The molecule has 1 aliphatic carbocycles. The summed E-state index contributed by atoms with van der Waals surface area (Å²) in [7, 11) is 3.00. The van der Waals surface area contributed by atoms with E-state index < -0.39 is 24.0 Å². The third-order valence-electron chi connectivity index (χ3n) is 10.4. The van der Waals surface area contributed by atoms with Crippen LogP contribution in [0, 0.1) is 11.8 Å². The highest BCUT2D eigenvalue weighted by molar-refractivity contribution is 5.90. The molecule has 47 heavy (non-hydrogen) atoms. The number of piperidine rings is 1. The summed E-state index contributed by atoms with van der Waals surface area (Å²) >= 11 is 0. The summed E-state index contributed by atoms with van der Waals surface area (Å²) < 4.78 is 29.8. The van der Waals surface area contributed by atoms with E-state index in [2.05, 4.69) is 6.07 Å². The Morgan fingerprint density at radius 2 is 1.83 bits per heavy atom. The van der Waals surface area contributed by atoms with Gasteiger partial charge in [-0.05, 0) is 63.0 Å². The molecule has 0 N–H and O–H groups in total. The van der Waals surface area contributed by atoms with Crippen molar-refractivity contribution in [3.05, 3.63) is 23.8 Å². The van der Waals surface area contributed by atoms with Gasteiger partial charge < -0.3 is 33.5 Å². The van der Waals surface area contributed by atoms with Crippen LogP contribution in [0.2, 0.25) is 0 Å². The minimum Gasteiger partial charge on any atom is -0.496 e. The molecule has 1 aromatic carbocycles. The zero-order chi connectivity index (χ0) is 32.9. The third kappa shape index (κ3) is 7.45. The number of hydrogen-bond acceptors (Lipinski definition) is 9. The van der Waals surface area contributed by atoms with E-state index in [0.29, 0.717) is 43.4 Å². The smallest absolute Gasteiger partial charge is 0.328 e. The standard InChI is InChI=1S/C36H49N3O8/c1-4-45-33-20-32-28-16-24(31(43-2)19-29(28)37-33)12-9-15-46-25-13-8-14-38(21-25)34(40)18-27(23-10-6-5-7-11-23)35(41)39-22-26(47-32)17-30(39)36(42)44-3/h16,19-20,23,25-27,30H,4-15,17-18,21-22H2,1-3H3/t25-,26+,27-,30-/m0/s1. The first-order valence-electron chi connectivity index (χ1n) is 17.5. The van der Waals surface area contributed by atoms with Gasteiger partial charge in [0.25, 0.3) is 0 Å². The first kappa shape index (κ1) is 33.3. The van der Waals surface area contributed by atoms with Gasteiger partial charge in [-0.25, -0.2) is 9.78 Å². The maximum absolute atomic E-state index is 14.6. The van der Waals surface area contributed by atoms with E-state index in [-0.39, 0.29) is 43.2 Å². The summed E-state index contributed by atoms with van der Waals surface area (Å²) in [6, 6.07) is 4.94. The van der Waals surface area contributed by atoms with E-state index in [1.54, 1.807) is 18.1 Å². The van der Waals surface area contributed by atoms with Crippen molar-refractivity contribution in [3.63, 3.8) is 0 Å². The van der Waals surface area contributed by atoms with Crippen molar-refractivity contribution < 1.29 is 38.1 Å². The first-order chi connectivity index (χ1) is 22.9. The normalized spacial score (nSPS) is 26.4. The van der Waals surface area contributed by atoms with Crippen LogP contribution in [0.1, 0.15) is 76.7 Å². The van der Waals surface area contributed by atoms with Crippen LogP contribution in [-0.4, -0.2) is 97.9 Å². The number of pyridine rings is 1. The van der Waals surface area contributed by atoms with Gasteiger partial charge in [0, 0.05) is 56.0 Å². The summed E-state index contributed by atoms with van der Waals surface area (Å²) in [5, 5.41) is 0.802. The minimum absolute atomic E-state index is 0.00912. The molecule has 0 spiro atoms. The van der Waals surface area contributed by atoms with Gasteiger partial charge in [-0.2, -0.15) is 0 Å². The number of carbonyl (C=O) groups excluding carboxylic acids is 3. The molecule has 3 aliphatic heterocycles. The molecule has 1 saturated carbocycles. The summed E-state index contributed by atoms with van der Waals surface area (Å²) in [5.74, 6) is 0.666. The average Bonchev–Trinajstić information content (AvgIpc) is 3.52. The van der Waals surface area contributed by atoms with Crippen LogP contribution < -0.4 is 14.2 Å². The molecule has 11 nitrogen and oxygen atoms in total. The Hall–Kier alpha value is -3.60. The molecule has 6 bridgehead atoms. The highest BCUT2D eigenvalue weighted by Gasteiger charge is 2.46. The highest BCUT2D eigenvalue weighted by atomic mass is 16.5. The lowest BCUT2D eigenvalue weighted by molar-refractivity contribution is -0.154. The number of amides is 2. The zero-order valence-corrected chi connectivity index (χ0v) is 28.0. The molecular weight excluding hydrogens is 602 g/mol. The van der Waals surface area contributed by atoms with Crippen LogP contribution in [0.25, 0.3) is 10.9 Å². The molecule has 2 amide bonds. The minimum atomic E-state index is -0.799. The Bertz CT molecular complexity index is 1440. The van der Waals surface area contributed by atoms with E-state index in [1.165, 1.54) is 7.11 Å². The Labute approximate surface area is 277 Å². The van der Waals surface area contributed by atoms with Gasteiger partial charge in [0.2, 0.25) is 17.7 Å². The Morgan fingerprint density at radius 1 is 1.00 bits per heavy atom. The Balaban J connectivity index is 1.39. The number of nitrogens with zero attached hydrogens (tertiary/aromatic N) is 3. The molecular formula is C36H49N3O8.